The van der Waals surface area contributed by atoms with E-state index >= 15 is 0 Å². The number of rotatable bonds is 3. The molecule has 0 saturated carbocycles. The fourth-order valence-corrected chi connectivity index (χ4v) is 1.26. The Morgan fingerprint density at radius 3 is 2.69 bits per heavy atom. The van der Waals surface area contributed by atoms with Crippen molar-refractivity contribution in [1.82, 2.24) is 9.97 Å². The van der Waals surface area contributed by atoms with Crippen LogP contribution in [0.2, 0.25) is 0 Å². The first-order valence-electron chi connectivity index (χ1n) is 4.67. The highest BCUT2D eigenvalue weighted by Crippen LogP contribution is 2.26. The van der Waals surface area contributed by atoms with Crippen LogP contribution in [-0.2, 0) is 0 Å². The van der Waals surface area contributed by atoms with E-state index in [0.717, 1.165) is 0 Å². The predicted molar refractivity (Wildman–Crippen MR) is 58.3 cm³/mol. The van der Waals surface area contributed by atoms with E-state index in [1.54, 1.807) is 24.5 Å². The molecule has 1 heterocycles. The van der Waals surface area contributed by atoms with Gasteiger partial charge in [-0.3, -0.25) is 0 Å². The van der Waals surface area contributed by atoms with Crippen molar-refractivity contribution in [3.63, 3.8) is 0 Å². The molecule has 5 heteroatoms. The van der Waals surface area contributed by atoms with Crippen molar-refractivity contribution >= 4 is 11.6 Å². The fourth-order valence-electron chi connectivity index (χ4n) is 1.26. The van der Waals surface area contributed by atoms with E-state index in [0.29, 0.717) is 17.4 Å². The molecule has 1 aromatic heterocycles. The zero-order valence-electron chi connectivity index (χ0n) is 8.64. The Hall–Kier alpha value is -2.17. The first kappa shape index (κ1) is 10.4. The number of hydrogen-bond acceptors (Lipinski definition) is 4. The Morgan fingerprint density at radius 1 is 1.25 bits per heavy atom. The summed E-state index contributed by atoms with van der Waals surface area (Å²) in [5, 5.41) is 2.88. The van der Waals surface area contributed by atoms with Crippen molar-refractivity contribution in [2.45, 2.75) is 0 Å². The average molecular weight is 219 g/mol. The number of anilines is 2. The van der Waals surface area contributed by atoms with Gasteiger partial charge in [-0.25, -0.2) is 14.4 Å². The topological polar surface area (TPSA) is 47.0 Å². The van der Waals surface area contributed by atoms with E-state index in [1.807, 2.05) is 0 Å². The molecule has 0 aliphatic heterocycles. The summed E-state index contributed by atoms with van der Waals surface area (Å²) in [6.45, 7) is 0. The van der Waals surface area contributed by atoms with Crippen LogP contribution >= 0.6 is 0 Å². The molecule has 2 aromatic rings. The average Bonchev–Trinajstić information content (AvgIpc) is 2.31. The van der Waals surface area contributed by atoms with Crippen LogP contribution < -0.4 is 10.1 Å². The normalized spacial score (nSPS) is 9.88. The van der Waals surface area contributed by atoms with E-state index in [-0.39, 0.29) is 5.82 Å². The second-order valence-electron chi connectivity index (χ2n) is 3.04. The lowest BCUT2D eigenvalue weighted by Crippen LogP contribution is -1.98. The van der Waals surface area contributed by atoms with Crippen LogP contribution in [0.4, 0.5) is 16.0 Å². The van der Waals surface area contributed by atoms with Gasteiger partial charge in [0, 0.05) is 18.5 Å². The molecule has 0 amide bonds. The number of hydrogen-bond donors (Lipinski definition) is 1. The number of benzene rings is 1. The van der Waals surface area contributed by atoms with Crippen molar-refractivity contribution in [1.29, 1.82) is 0 Å². The lowest BCUT2D eigenvalue weighted by molar-refractivity contribution is 0.415. The number of nitrogens with zero attached hydrogens (tertiary/aromatic N) is 2. The van der Waals surface area contributed by atoms with Gasteiger partial charge in [-0.15, -0.1) is 0 Å². The first-order chi connectivity index (χ1) is 7.79. The van der Waals surface area contributed by atoms with Crippen molar-refractivity contribution in [2.75, 3.05) is 12.4 Å². The molecule has 2 rings (SSSR count). The summed E-state index contributed by atoms with van der Waals surface area (Å²) in [6, 6.07) is 5.90. The lowest BCUT2D eigenvalue weighted by atomic mass is 10.3. The molecule has 4 nitrogen and oxygen atoms in total. The highest BCUT2D eigenvalue weighted by molar-refractivity contribution is 5.62. The molecule has 0 unspecified atom stereocenters. The molecule has 0 saturated heterocycles. The monoisotopic (exact) mass is 219 g/mol. The Morgan fingerprint density at radius 2 is 2.00 bits per heavy atom. The van der Waals surface area contributed by atoms with Gasteiger partial charge < -0.3 is 10.1 Å². The lowest BCUT2D eigenvalue weighted by Gasteiger charge is -2.09. The maximum absolute atomic E-state index is 13.0. The van der Waals surface area contributed by atoms with Crippen molar-refractivity contribution in [3.05, 3.63) is 42.5 Å². The summed E-state index contributed by atoms with van der Waals surface area (Å²) >= 11 is 0. The molecule has 0 bridgehead atoms. The smallest absolute Gasteiger partial charge is 0.227 e. The third-order valence-electron chi connectivity index (χ3n) is 1.97. The Kier molecular flexibility index (Phi) is 2.95. The standard InChI is InChI=1S/C11H10FN3O/c1-16-10-4-3-8(12)7-9(10)15-11-13-5-2-6-14-11/h2-7H,1H3,(H,13,14,15). The molecule has 82 valence electrons. The highest BCUT2D eigenvalue weighted by Gasteiger charge is 2.05. The van der Waals surface area contributed by atoms with Gasteiger partial charge in [0.25, 0.3) is 0 Å². The van der Waals surface area contributed by atoms with Crippen molar-refractivity contribution in [3.8, 4) is 5.75 Å². The molecule has 0 atom stereocenters. The molecule has 0 fully saturated rings. The molecule has 16 heavy (non-hydrogen) atoms. The van der Waals surface area contributed by atoms with E-state index in [4.69, 9.17) is 4.74 Å². The van der Waals surface area contributed by atoms with Gasteiger partial charge in [-0.2, -0.15) is 0 Å². The van der Waals surface area contributed by atoms with Crippen LogP contribution in [0.15, 0.2) is 36.7 Å². The van der Waals surface area contributed by atoms with Gasteiger partial charge in [0.2, 0.25) is 5.95 Å². The Balaban J connectivity index is 2.30. The third kappa shape index (κ3) is 2.25. The van der Waals surface area contributed by atoms with Gasteiger partial charge in [0.1, 0.15) is 11.6 Å². The fraction of sp³-hybridized carbons (Fsp3) is 0.0909. The van der Waals surface area contributed by atoms with E-state index in [1.165, 1.54) is 19.2 Å². The summed E-state index contributed by atoms with van der Waals surface area (Å²) in [5.74, 6) is 0.583. The van der Waals surface area contributed by atoms with Crippen LogP contribution in [0.5, 0.6) is 5.75 Å². The quantitative estimate of drug-likeness (QED) is 0.860. The summed E-state index contributed by atoms with van der Waals surface area (Å²) < 4.78 is 18.1. The maximum atomic E-state index is 13.0. The van der Waals surface area contributed by atoms with Crippen LogP contribution in [-0.4, -0.2) is 17.1 Å². The van der Waals surface area contributed by atoms with Crippen molar-refractivity contribution < 1.29 is 9.13 Å². The second-order valence-corrected chi connectivity index (χ2v) is 3.04. The molecule has 1 aromatic carbocycles. The molecule has 0 spiro atoms. The zero-order chi connectivity index (χ0) is 11.4. The van der Waals surface area contributed by atoms with Crippen molar-refractivity contribution in [2.24, 2.45) is 0 Å². The van der Waals surface area contributed by atoms with Gasteiger partial charge in [0.15, 0.2) is 0 Å². The molecule has 1 N–H and O–H groups in total. The number of halogens is 1. The van der Waals surface area contributed by atoms with Crippen LogP contribution in [0.3, 0.4) is 0 Å². The number of nitrogens with one attached hydrogen (secondary N) is 1. The number of aromatic nitrogens is 2. The minimum Gasteiger partial charge on any atom is -0.495 e. The van der Waals surface area contributed by atoms with E-state index in [2.05, 4.69) is 15.3 Å². The van der Waals surface area contributed by atoms with Crippen LogP contribution in [0.25, 0.3) is 0 Å². The van der Waals surface area contributed by atoms with Gasteiger partial charge in [-0.1, -0.05) is 0 Å². The second kappa shape index (κ2) is 4.57. The SMILES string of the molecule is COc1ccc(F)cc1Nc1ncccn1. The minimum atomic E-state index is -0.348. The summed E-state index contributed by atoms with van der Waals surface area (Å²) in [7, 11) is 1.52. The number of ether oxygens (including phenoxy) is 1. The molecule has 0 radical (unpaired) electrons. The molecule has 0 aliphatic carbocycles. The Labute approximate surface area is 92.1 Å². The molecule has 0 aliphatic rings. The Bertz CT molecular complexity index is 476. The van der Waals surface area contributed by atoms with Crippen LogP contribution in [0, 0.1) is 5.82 Å². The van der Waals surface area contributed by atoms with E-state index < -0.39 is 0 Å². The predicted octanol–water partition coefficient (Wildman–Crippen LogP) is 2.37. The van der Waals surface area contributed by atoms with Gasteiger partial charge >= 0.3 is 0 Å². The van der Waals surface area contributed by atoms with Gasteiger partial charge in [0.05, 0.1) is 12.8 Å². The highest BCUT2D eigenvalue weighted by atomic mass is 19.1. The molecular formula is C11H10FN3O. The largest absolute Gasteiger partial charge is 0.495 e. The first-order valence-corrected chi connectivity index (χ1v) is 4.67. The van der Waals surface area contributed by atoms with E-state index in [9.17, 15) is 4.39 Å². The zero-order valence-corrected chi connectivity index (χ0v) is 8.64. The summed E-state index contributed by atoms with van der Waals surface area (Å²) in [4.78, 5) is 7.96. The minimum absolute atomic E-state index is 0.348. The summed E-state index contributed by atoms with van der Waals surface area (Å²) in [6.07, 6.45) is 3.20. The van der Waals surface area contributed by atoms with Gasteiger partial charge in [-0.05, 0) is 18.2 Å². The molecular weight excluding hydrogens is 209 g/mol. The van der Waals surface area contributed by atoms with Crippen LogP contribution in [0.1, 0.15) is 0 Å². The maximum Gasteiger partial charge on any atom is 0.227 e. The summed E-state index contributed by atoms with van der Waals surface area (Å²) in [5.41, 5.74) is 0.494. The third-order valence-corrected chi connectivity index (χ3v) is 1.97. The number of methoxy groups -OCH3 is 1.